The third kappa shape index (κ3) is 1.40. The molecule has 5 heteroatoms. The Bertz CT molecular complexity index is 207. The highest BCUT2D eigenvalue weighted by Gasteiger charge is 2.36. The lowest BCUT2D eigenvalue weighted by atomic mass is 10.3. The Kier molecular flexibility index (Phi) is 2.51. The minimum atomic E-state index is -3.02. The Morgan fingerprint density at radius 3 is 2.55 bits per heavy atom. The van der Waals surface area contributed by atoms with Gasteiger partial charge in [0.1, 0.15) is 0 Å². The topological polar surface area (TPSA) is 63.4 Å². The molecule has 1 atom stereocenters. The van der Waals surface area contributed by atoms with Gasteiger partial charge in [-0.3, -0.25) is 0 Å². The molecule has 0 aromatic carbocycles. The zero-order valence-electron chi connectivity index (χ0n) is 6.66. The summed E-state index contributed by atoms with van der Waals surface area (Å²) in [5.41, 5.74) is 5.32. The number of nitrogens with two attached hydrogens (primary N) is 1. The number of nitrogens with zero attached hydrogens (tertiary/aromatic N) is 1. The van der Waals surface area contributed by atoms with Gasteiger partial charge in [-0.15, -0.1) is 0 Å². The Morgan fingerprint density at radius 2 is 2.27 bits per heavy atom. The van der Waals surface area contributed by atoms with E-state index in [2.05, 4.69) is 0 Å². The lowest BCUT2D eigenvalue weighted by molar-refractivity contribution is 0.463. The van der Waals surface area contributed by atoms with Crippen molar-refractivity contribution >= 4 is 10.0 Å². The average molecular weight is 178 g/mol. The summed E-state index contributed by atoms with van der Waals surface area (Å²) in [5, 5.41) is -0.331. The summed E-state index contributed by atoms with van der Waals surface area (Å²) in [6.07, 6.45) is 0.687. The first-order valence-electron chi connectivity index (χ1n) is 3.82. The molecule has 11 heavy (non-hydrogen) atoms. The zero-order chi connectivity index (χ0) is 8.48. The third-order valence-electron chi connectivity index (χ3n) is 2.10. The maximum atomic E-state index is 11.4. The van der Waals surface area contributed by atoms with E-state index < -0.39 is 10.0 Å². The summed E-state index contributed by atoms with van der Waals surface area (Å²) in [7, 11) is -3.02. The van der Waals surface area contributed by atoms with Crippen LogP contribution in [-0.2, 0) is 10.0 Å². The Labute approximate surface area is 67.4 Å². The number of rotatable bonds is 2. The molecule has 0 radical (unpaired) electrons. The van der Waals surface area contributed by atoms with Crippen molar-refractivity contribution in [1.29, 1.82) is 0 Å². The molecule has 0 bridgehead atoms. The molecule has 0 saturated carbocycles. The van der Waals surface area contributed by atoms with Gasteiger partial charge >= 0.3 is 0 Å². The normalized spacial score (nSPS) is 30.9. The maximum Gasteiger partial charge on any atom is 0.218 e. The van der Waals surface area contributed by atoms with E-state index in [0.717, 1.165) is 0 Å². The molecule has 0 aromatic rings. The SMILES string of the molecule is CCN1CC[C@@H](CN)S1(=O)=O. The van der Waals surface area contributed by atoms with Gasteiger partial charge in [0.05, 0.1) is 5.25 Å². The Hall–Kier alpha value is -0.130. The molecule has 1 aliphatic rings. The van der Waals surface area contributed by atoms with Crippen LogP contribution in [0.3, 0.4) is 0 Å². The summed E-state index contributed by atoms with van der Waals surface area (Å²) in [6.45, 7) is 3.30. The predicted molar refractivity (Wildman–Crippen MR) is 43.6 cm³/mol. The van der Waals surface area contributed by atoms with Crippen LogP contribution in [0.1, 0.15) is 13.3 Å². The van der Waals surface area contributed by atoms with Crippen molar-refractivity contribution in [2.24, 2.45) is 5.73 Å². The van der Waals surface area contributed by atoms with E-state index >= 15 is 0 Å². The Morgan fingerprint density at radius 1 is 1.64 bits per heavy atom. The third-order valence-corrected chi connectivity index (χ3v) is 4.53. The fraction of sp³-hybridized carbons (Fsp3) is 1.00. The van der Waals surface area contributed by atoms with Crippen LogP contribution < -0.4 is 5.73 Å². The van der Waals surface area contributed by atoms with Crippen LogP contribution in [0.15, 0.2) is 0 Å². The maximum absolute atomic E-state index is 11.4. The molecular formula is C6H14N2O2S. The summed E-state index contributed by atoms with van der Waals surface area (Å²) < 4.78 is 24.3. The van der Waals surface area contributed by atoms with E-state index in [9.17, 15) is 8.42 Å². The quantitative estimate of drug-likeness (QED) is 0.612. The fourth-order valence-corrected chi connectivity index (χ4v) is 3.14. The van der Waals surface area contributed by atoms with E-state index in [1.54, 1.807) is 0 Å². The highest BCUT2D eigenvalue weighted by molar-refractivity contribution is 7.90. The van der Waals surface area contributed by atoms with E-state index in [0.29, 0.717) is 19.5 Å². The van der Waals surface area contributed by atoms with Crippen LogP contribution in [0.4, 0.5) is 0 Å². The molecule has 1 heterocycles. The molecule has 0 aliphatic carbocycles. The Balaban J connectivity index is 2.81. The summed E-state index contributed by atoms with van der Waals surface area (Å²) in [4.78, 5) is 0. The lowest BCUT2D eigenvalue weighted by Crippen LogP contribution is -2.32. The van der Waals surface area contributed by atoms with Crippen LogP contribution in [0.2, 0.25) is 0 Å². The smallest absolute Gasteiger partial charge is 0.218 e. The molecule has 0 amide bonds. The van der Waals surface area contributed by atoms with E-state index in [1.807, 2.05) is 6.92 Å². The highest BCUT2D eigenvalue weighted by atomic mass is 32.2. The van der Waals surface area contributed by atoms with Crippen molar-refractivity contribution in [3.8, 4) is 0 Å². The van der Waals surface area contributed by atoms with Gasteiger partial charge in [0.2, 0.25) is 10.0 Å². The van der Waals surface area contributed by atoms with Crippen LogP contribution in [0.5, 0.6) is 0 Å². The summed E-state index contributed by atoms with van der Waals surface area (Å²) in [5.74, 6) is 0. The second kappa shape index (κ2) is 3.08. The van der Waals surface area contributed by atoms with Gasteiger partial charge in [-0.25, -0.2) is 12.7 Å². The molecular weight excluding hydrogens is 164 g/mol. The molecule has 1 fully saturated rings. The molecule has 4 nitrogen and oxygen atoms in total. The van der Waals surface area contributed by atoms with Gasteiger partial charge in [-0.05, 0) is 6.42 Å². The largest absolute Gasteiger partial charge is 0.329 e. The van der Waals surface area contributed by atoms with Crippen LogP contribution in [-0.4, -0.2) is 37.6 Å². The molecule has 0 unspecified atom stereocenters. The van der Waals surface area contributed by atoms with Gasteiger partial charge in [0, 0.05) is 19.6 Å². The minimum absolute atomic E-state index is 0.249. The zero-order valence-corrected chi connectivity index (χ0v) is 7.47. The molecule has 2 N–H and O–H groups in total. The first kappa shape index (κ1) is 8.96. The monoisotopic (exact) mass is 178 g/mol. The summed E-state index contributed by atoms with van der Waals surface area (Å²) >= 11 is 0. The standard InChI is InChI=1S/C6H14N2O2S/c1-2-8-4-3-6(5-7)11(8,9)10/h6H,2-5,7H2,1H3/t6-/m0/s1. The number of hydrogen-bond donors (Lipinski definition) is 1. The minimum Gasteiger partial charge on any atom is -0.329 e. The lowest BCUT2D eigenvalue weighted by Gasteiger charge is -2.12. The van der Waals surface area contributed by atoms with Crippen LogP contribution in [0, 0.1) is 0 Å². The van der Waals surface area contributed by atoms with Crippen LogP contribution in [0.25, 0.3) is 0 Å². The number of sulfonamides is 1. The molecule has 66 valence electrons. The van der Waals surface area contributed by atoms with Crippen LogP contribution >= 0.6 is 0 Å². The van der Waals surface area contributed by atoms with Gasteiger partial charge in [-0.2, -0.15) is 0 Å². The van der Waals surface area contributed by atoms with Crippen molar-refractivity contribution in [3.63, 3.8) is 0 Å². The van der Waals surface area contributed by atoms with Gasteiger partial charge in [0.15, 0.2) is 0 Å². The predicted octanol–water partition coefficient (Wildman–Crippen LogP) is -0.631. The first-order chi connectivity index (χ1) is 5.12. The van der Waals surface area contributed by atoms with Gasteiger partial charge < -0.3 is 5.73 Å². The summed E-state index contributed by atoms with van der Waals surface area (Å²) in [6, 6.07) is 0. The van der Waals surface area contributed by atoms with Gasteiger partial charge in [-0.1, -0.05) is 6.92 Å². The molecule has 0 aromatic heterocycles. The second-order valence-corrected chi connectivity index (χ2v) is 4.90. The average Bonchev–Trinajstić information content (AvgIpc) is 2.24. The van der Waals surface area contributed by atoms with E-state index in [1.165, 1.54) is 4.31 Å². The molecule has 1 aliphatic heterocycles. The van der Waals surface area contributed by atoms with Crippen molar-refractivity contribution in [3.05, 3.63) is 0 Å². The van der Waals surface area contributed by atoms with Crippen molar-refractivity contribution < 1.29 is 8.42 Å². The highest BCUT2D eigenvalue weighted by Crippen LogP contribution is 2.19. The van der Waals surface area contributed by atoms with Crippen molar-refractivity contribution in [2.75, 3.05) is 19.6 Å². The van der Waals surface area contributed by atoms with E-state index in [-0.39, 0.29) is 11.8 Å². The van der Waals surface area contributed by atoms with E-state index in [4.69, 9.17) is 5.73 Å². The van der Waals surface area contributed by atoms with Crippen molar-refractivity contribution in [2.45, 2.75) is 18.6 Å². The van der Waals surface area contributed by atoms with Gasteiger partial charge in [0.25, 0.3) is 0 Å². The second-order valence-electron chi connectivity index (χ2n) is 2.68. The molecule has 1 saturated heterocycles. The first-order valence-corrected chi connectivity index (χ1v) is 5.32. The molecule has 1 rings (SSSR count). The van der Waals surface area contributed by atoms with Crippen molar-refractivity contribution in [1.82, 2.24) is 4.31 Å². The molecule has 0 spiro atoms. The number of hydrogen-bond acceptors (Lipinski definition) is 3. The fourth-order valence-electron chi connectivity index (χ4n) is 1.35.